The first kappa shape index (κ1) is 18.8. The van der Waals surface area contributed by atoms with E-state index in [-0.39, 0.29) is 6.04 Å². The highest BCUT2D eigenvalue weighted by Gasteiger charge is 2.15. The van der Waals surface area contributed by atoms with Crippen molar-refractivity contribution in [2.75, 3.05) is 6.29 Å². The van der Waals surface area contributed by atoms with Crippen LogP contribution in [0, 0.1) is 6.92 Å². The summed E-state index contributed by atoms with van der Waals surface area (Å²) in [6, 6.07) is 27.0. The number of rotatable bonds is 7. The van der Waals surface area contributed by atoms with Crippen LogP contribution >= 0.6 is 8.58 Å². The summed E-state index contributed by atoms with van der Waals surface area (Å²) >= 11 is 0. The third-order valence-corrected chi connectivity index (χ3v) is 5.88. The molecule has 0 aromatic heterocycles. The van der Waals surface area contributed by atoms with E-state index in [0.717, 1.165) is 11.8 Å². The molecule has 3 aromatic rings. The standard InChI is InChI=1S/C23H26NOP/c1-17-10-6-7-13-20(17)21-14-8-9-15-22(21)26-16-24-18(2)23(25)19-11-4-3-5-12-19/h3-15,18,23-26H,16H2,1-2H3/t18-,23-/m0/s1. The van der Waals surface area contributed by atoms with Gasteiger partial charge in [-0.2, -0.15) is 0 Å². The zero-order chi connectivity index (χ0) is 18.4. The molecule has 0 saturated heterocycles. The van der Waals surface area contributed by atoms with Crippen molar-refractivity contribution in [1.29, 1.82) is 0 Å². The minimum atomic E-state index is -0.493. The lowest BCUT2D eigenvalue weighted by molar-refractivity contribution is 0.139. The maximum absolute atomic E-state index is 10.5. The molecule has 0 fully saturated rings. The SMILES string of the molecule is Cc1ccccc1-c1ccccc1PCN[C@@H](C)[C@H](O)c1ccccc1. The van der Waals surface area contributed by atoms with Gasteiger partial charge in [0.2, 0.25) is 0 Å². The Hall–Kier alpha value is -1.99. The summed E-state index contributed by atoms with van der Waals surface area (Å²) in [5.74, 6) is 0. The predicted molar refractivity (Wildman–Crippen MR) is 113 cm³/mol. The summed E-state index contributed by atoms with van der Waals surface area (Å²) in [6.07, 6.45) is 0.362. The molecule has 3 atom stereocenters. The Labute approximate surface area is 158 Å². The molecule has 0 bridgehead atoms. The van der Waals surface area contributed by atoms with Crippen LogP contribution in [-0.2, 0) is 0 Å². The molecular formula is C23H26NOP. The van der Waals surface area contributed by atoms with E-state index in [2.05, 4.69) is 60.8 Å². The van der Waals surface area contributed by atoms with Crippen molar-refractivity contribution in [2.24, 2.45) is 0 Å². The Morgan fingerprint density at radius 1 is 0.846 bits per heavy atom. The van der Waals surface area contributed by atoms with E-state index in [4.69, 9.17) is 0 Å². The van der Waals surface area contributed by atoms with E-state index in [0.29, 0.717) is 8.58 Å². The van der Waals surface area contributed by atoms with Gasteiger partial charge in [0.05, 0.1) is 6.10 Å². The molecule has 1 unspecified atom stereocenters. The Morgan fingerprint density at radius 3 is 2.19 bits per heavy atom. The number of aliphatic hydroxyl groups is 1. The summed E-state index contributed by atoms with van der Waals surface area (Å²) in [6.45, 7) is 4.20. The summed E-state index contributed by atoms with van der Waals surface area (Å²) in [4.78, 5) is 0. The van der Waals surface area contributed by atoms with Crippen molar-refractivity contribution in [2.45, 2.75) is 26.0 Å². The Bertz CT molecular complexity index is 834. The molecule has 2 N–H and O–H groups in total. The average molecular weight is 363 g/mol. The van der Waals surface area contributed by atoms with Crippen LogP contribution in [0.3, 0.4) is 0 Å². The minimum absolute atomic E-state index is 0.00974. The highest BCUT2D eigenvalue weighted by molar-refractivity contribution is 7.47. The van der Waals surface area contributed by atoms with Crippen molar-refractivity contribution in [3.05, 3.63) is 90.0 Å². The van der Waals surface area contributed by atoms with Crippen LogP contribution in [0.1, 0.15) is 24.2 Å². The highest BCUT2D eigenvalue weighted by Crippen LogP contribution is 2.26. The van der Waals surface area contributed by atoms with Crippen LogP contribution < -0.4 is 10.6 Å². The molecule has 0 aliphatic heterocycles. The van der Waals surface area contributed by atoms with Crippen molar-refractivity contribution in [1.82, 2.24) is 5.32 Å². The number of hydrogen-bond acceptors (Lipinski definition) is 2. The third kappa shape index (κ3) is 4.59. The molecule has 0 heterocycles. The minimum Gasteiger partial charge on any atom is -0.387 e. The maximum Gasteiger partial charge on any atom is 0.0940 e. The van der Waals surface area contributed by atoms with Gasteiger partial charge in [-0.1, -0.05) is 87.4 Å². The van der Waals surface area contributed by atoms with Crippen LogP contribution in [0.15, 0.2) is 78.9 Å². The van der Waals surface area contributed by atoms with E-state index >= 15 is 0 Å². The molecular weight excluding hydrogens is 337 g/mol. The smallest absolute Gasteiger partial charge is 0.0940 e. The summed E-state index contributed by atoms with van der Waals surface area (Å²) in [7, 11) is 0.646. The molecule has 3 rings (SSSR count). The second-order valence-corrected chi connectivity index (χ2v) is 7.81. The number of aryl methyl sites for hydroxylation is 1. The third-order valence-electron chi connectivity index (χ3n) is 4.68. The van der Waals surface area contributed by atoms with Crippen LogP contribution in [0.2, 0.25) is 0 Å². The largest absolute Gasteiger partial charge is 0.387 e. The van der Waals surface area contributed by atoms with Gasteiger partial charge in [-0.3, -0.25) is 0 Å². The number of benzene rings is 3. The summed E-state index contributed by atoms with van der Waals surface area (Å²) in [5.41, 5.74) is 4.86. The van der Waals surface area contributed by atoms with Gasteiger partial charge >= 0.3 is 0 Å². The van der Waals surface area contributed by atoms with Crippen LogP contribution in [0.4, 0.5) is 0 Å². The fraction of sp³-hybridized carbons (Fsp3) is 0.217. The summed E-state index contributed by atoms with van der Waals surface area (Å²) in [5, 5.41) is 15.3. The van der Waals surface area contributed by atoms with E-state index in [1.54, 1.807) is 0 Å². The van der Waals surface area contributed by atoms with Gasteiger partial charge in [0.1, 0.15) is 0 Å². The van der Waals surface area contributed by atoms with E-state index in [9.17, 15) is 5.11 Å². The quantitative estimate of drug-likeness (QED) is 0.600. The van der Waals surface area contributed by atoms with Gasteiger partial charge in [0.25, 0.3) is 0 Å². The molecule has 134 valence electrons. The number of nitrogens with one attached hydrogen (secondary N) is 1. The molecule has 0 saturated carbocycles. The van der Waals surface area contributed by atoms with E-state index < -0.39 is 6.10 Å². The molecule has 3 aromatic carbocycles. The molecule has 3 heteroatoms. The topological polar surface area (TPSA) is 32.3 Å². The normalized spacial score (nSPS) is 13.8. The molecule has 26 heavy (non-hydrogen) atoms. The Kier molecular flexibility index (Phi) is 6.57. The van der Waals surface area contributed by atoms with Gasteiger partial charge in [-0.05, 0) is 41.4 Å². The summed E-state index contributed by atoms with van der Waals surface area (Å²) < 4.78 is 0. The molecule has 2 nitrogen and oxygen atoms in total. The maximum atomic E-state index is 10.5. The van der Waals surface area contributed by atoms with Crippen molar-refractivity contribution in [3.63, 3.8) is 0 Å². The second kappa shape index (κ2) is 9.09. The molecule has 0 aliphatic carbocycles. The first-order chi connectivity index (χ1) is 12.7. The van der Waals surface area contributed by atoms with Gasteiger partial charge in [-0.15, -0.1) is 0 Å². The van der Waals surface area contributed by atoms with Gasteiger partial charge < -0.3 is 10.4 Å². The van der Waals surface area contributed by atoms with E-state index in [1.165, 1.54) is 22.0 Å². The first-order valence-corrected chi connectivity index (χ1v) is 10.2. The Morgan fingerprint density at radius 2 is 1.46 bits per heavy atom. The lowest BCUT2D eigenvalue weighted by Crippen LogP contribution is -2.32. The first-order valence-electron chi connectivity index (χ1n) is 9.02. The van der Waals surface area contributed by atoms with Gasteiger partial charge in [0, 0.05) is 12.3 Å². The Balaban J connectivity index is 1.65. The van der Waals surface area contributed by atoms with Crippen molar-refractivity contribution in [3.8, 4) is 11.1 Å². The predicted octanol–water partition coefficient (Wildman–Crippen LogP) is 4.64. The molecule has 0 aliphatic rings. The van der Waals surface area contributed by atoms with Crippen LogP contribution in [0.5, 0.6) is 0 Å². The fourth-order valence-corrected chi connectivity index (χ4v) is 4.34. The highest BCUT2D eigenvalue weighted by atomic mass is 31.1. The van der Waals surface area contributed by atoms with Crippen LogP contribution in [-0.4, -0.2) is 17.4 Å². The molecule has 0 spiro atoms. The lowest BCUT2D eigenvalue weighted by atomic mass is 10.0. The number of hydrogen-bond donors (Lipinski definition) is 2. The van der Waals surface area contributed by atoms with Gasteiger partial charge in [0.15, 0.2) is 0 Å². The van der Waals surface area contributed by atoms with Gasteiger partial charge in [-0.25, -0.2) is 0 Å². The molecule has 0 amide bonds. The zero-order valence-corrected chi connectivity index (χ0v) is 16.3. The zero-order valence-electron chi connectivity index (χ0n) is 15.3. The second-order valence-electron chi connectivity index (χ2n) is 6.56. The van der Waals surface area contributed by atoms with Crippen molar-refractivity contribution < 1.29 is 5.11 Å². The fourth-order valence-electron chi connectivity index (χ4n) is 3.10. The van der Waals surface area contributed by atoms with Crippen LogP contribution in [0.25, 0.3) is 11.1 Å². The monoisotopic (exact) mass is 363 g/mol. The van der Waals surface area contributed by atoms with E-state index in [1.807, 2.05) is 37.3 Å². The lowest BCUT2D eigenvalue weighted by Gasteiger charge is -2.21. The number of aliphatic hydroxyl groups excluding tert-OH is 1. The van der Waals surface area contributed by atoms with Crippen molar-refractivity contribution >= 4 is 13.9 Å². The average Bonchev–Trinajstić information content (AvgIpc) is 2.69. The molecule has 0 radical (unpaired) electrons.